The van der Waals surface area contributed by atoms with Gasteiger partial charge >= 0.3 is 6.03 Å². The largest absolute Gasteiger partial charge is 0.375 e. The Morgan fingerprint density at radius 3 is 2.28 bits per heavy atom. The van der Waals surface area contributed by atoms with Gasteiger partial charge in [-0.15, -0.1) is 0 Å². The number of carbonyl (C=O) groups excluding carboxylic acids is 2. The predicted molar refractivity (Wildman–Crippen MR) is 117 cm³/mol. The molecule has 1 saturated heterocycles. The van der Waals surface area contributed by atoms with Gasteiger partial charge in [0.2, 0.25) is 5.91 Å². The first-order valence-corrected chi connectivity index (χ1v) is 10.3. The molecule has 0 bridgehead atoms. The van der Waals surface area contributed by atoms with Crippen LogP contribution in [0.15, 0.2) is 60.7 Å². The highest BCUT2D eigenvalue weighted by Gasteiger charge is 2.27. The fourth-order valence-corrected chi connectivity index (χ4v) is 3.55. The quantitative estimate of drug-likeness (QED) is 0.706. The number of rotatable bonds is 7. The molecule has 0 spiro atoms. The van der Waals surface area contributed by atoms with Crippen LogP contribution in [0.3, 0.4) is 0 Å². The molecule has 0 radical (unpaired) electrons. The summed E-state index contributed by atoms with van der Waals surface area (Å²) in [6.07, 6.45) is 2.28. The highest BCUT2D eigenvalue weighted by Crippen LogP contribution is 2.19. The monoisotopic (exact) mass is 394 g/mol. The van der Waals surface area contributed by atoms with E-state index >= 15 is 0 Å². The normalized spacial score (nSPS) is 14.3. The number of nitrogens with one attached hydrogen (secondary N) is 2. The lowest BCUT2D eigenvalue weighted by Gasteiger charge is -2.31. The van der Waals surface area contributed by atoms with E-state index in [0.29, 0.717) is 32.5 Å². The number of para-hydroxylation sites is 2. The summed E-state index contributed by atoms with van der Waals surface area (Å²) in [7, 11) is 2.06. The lowest BCUT2D eigenvalue weighted by atomic mass is 9.96. The van der Waals surface area contributed by atoms with E-state index in [1.54, 1.807) is 0 Å². The van der Waals surface area contributed by atoms with Gasteiger partial charge in [-0.25, -0.2) is 4.79 Å². The first kappa shape index (κ1) is 20.7. The van der Waals surface area contributed by atoms with Gasteiger partial charge in [-0.05, 0) is 43.5 Å². The molecular weight excluding hydrogens is 364 g/mol. The summed E-state index contributed by atoms with van der Waals surface area (Å²) in [6.45, 7) is 2.75. The van der Waals surface area contributed by atoms with Gasteiger partial charge in [-0.2, -0.15) is 0 Å². The van der Waals surface area contributed by atoms with Crippen molar-refractivity contribution in [2.45, 2.75) is 19.3 Å². The number of carbonyl (C=O) groups is 2. The summed E-state index contributed by atoms with van der Waals surface area (Å²) in [5, 5.41) is 5.96. The van der Waals surface area contributed by atoms with E-state index in [-0.39, 0.29) is 17.9 Å². The molecule has 2 N–H and O–H groups in total. The van der Waals surface area contributed by atoms with Crippen LogP contribution in [0.1, 0.15) is 19.3 Å². The molecule has 154 valence electrons. The van der Waals surface area contributed by atoms with E-state index in [1.165, 1.54) is 5.69 Å². The molecule has 3 amide bonds. The van der Waals surface area contributed by atoms with Gasteiger partial charge in [-0.1, -0.05) is 36.4 Å². The molecule has 1 aliphatic heterocycles. The maximum atomic E-state index is 12.4. The minimum absolute atomic E-state index is 0.0331. The number of hydrogen-bond donors (Lipinski definition) is 2. The highest BCUT2D eigenvalue weighted by atomic mass is 16.2. The SMILES string of the molecule is CN(CCCNC(=O)N1CCC(C(=O)Nc2ccccc2)CC1)c1ccccc1. The van der Waals surface area contributed by atoms with Crippen molar-refractivity contribution >= 4 is 23.3 Å². The summed E-state index contributed by atoms with van der Waals surface area (Å²) in [4.78, 5) is 28.8. The van der Waals surface area contributed by atoms with Crippen molar-refractivity contribution in [1.29, 1.82) is 0 Å². The zero-order valence-electron chi connectivity index (χ0n) is 17.0. The number of amides is 3. The smallest absolute Gasteiger partial charge is 0.317 e. The molecule has 0 unspecified atom stereocenters. The second kappa shape index (κ2) is 10.5. The molecule has 2 aromatic rings. The zero-order chi connectivity index (χ0) is 20.5. The number of anilines is 2. The van der Waals surface area contributed by atoms with Gasteiger partial charge in [-0.3, -0.25) is 4.79 Å². The Morgan fingerprint density at radius 1 is 1.00 bits per heavy atom. The van der Waals surface area contributed by atoms with Crippen LogP contribution in [-0.2, 0) is 4.79 Å². The van der Waals surface area contributed by atoms with Gasteiger partial charge in [0, 0.05) is 50.5 Å². The van der Waals surface area contributed by atoms with Crippen molar-refractivity contribution < 1.29 is 9.59 Å². The molecule has 0 aliphatic carbocycles. The highest BCUT2D eigenvalue weighted by molar-refractivity contribution is 5.92. The number of urea groups is 1. The van der Waals surface area contributed by atoms with Crippen molar-refractivity contribution in [1.82, 2.24) is 10.2 Å². The van der Waals surface area contributed by atoms with Crippen molar-refractivity contribution in [3.8, 4) is 0 Å². The van der Waals surface area contributed by atoms with Crippen LogP contribution in [0.4, 0.5) is 16.2 Å². The van der Waals surface area contributed by atoms with E-state index in [2.05, 4.69) is 34.7 Å². The molecule has 0 saturated carbocycles. The molecule has 0 atom stereocenters. The Bertz CT molecular complexity index is 774. The molecule has 1 aliphatic rings. The third-order valence-corrected chi connectivity index (χ3v) is 5.34. The second-order valence-corrected chi connectivity index (χ2v) is 7.46. The van der Waals surface area contributed by atoms with Gasteiger partial charge < -0.3 is 20.4 Å². The Morgan fingerprint density at radius 2 is 1.62 bits per heavy atom. The van der Waals surface area contributed by atoms with Crippen molar-refractivity contribution in [3.63, 3.8) is 0 Å². The van der Waals surface area contributed by atoms with Crippen LogP contribution in [0.5, 0.6) is 0 Å². The third kappa shape index (κ3) is 6.24. The lowest BCUT2D eigenvalue weighted by Crippen LogP contribution is -2.46. The van der Waals surface area contributed by atoms with E-state index in [0.717, 1.165) is 18.7 Å². The molecule has 29 heavy (non-hydrogen) atoms. The summed E-state index contributed by atoms with van der Waals surface area (Å²) in [5.41, 5.74) is 1.99. The summed E-state index contributed by atoms with van der Waals surface area (Å²) < 4.78 is 0. The fraction of sp³-hybridized carbons (Fsp3) is 0.391. The van der Waals surface area contributed by atoms with Crippen molar-refractivity contribution in [2.75, 3.05) is 43.4 Å². The van der Waals surface area contributed by atoms with E-state index in [4.69, 9.17) is 0 Å². The number of likely N-dealkylation sites (tertiary alicyclic amines) is 1. The molecule has 0 aromatic heterocycles. The van der Waals surface area contributed by atoms with Crippen LogP contribution in [-0.4, -0.2) is 50.1 Å². The number of hydrogen-bond acceptors (Lipinski definition) is 3. The number of piperidine rings is 1. The average Bonchev–Trinajstić information content (AvgIpc) is 2.77. The molecule has 6 nitrogen and oxygen atoms in total. The first-order chi connectivity index (χ1) is 14.1. The van der Waals surface area contributed by atoms with Gasteiger partial charge in [0.25, 0.3) is 0 Å². The number of benzene rings is 2. The van der Waals surface area contributed by atoms with E-state index in [9.17, 15) is 9.59 Å². The third-order valence-electron chi connectivity index (χ3n) is 5.34. The zero-order valence-corrected chi connectivity index (χ0v) is 17.0. The molecular formula is C23H30N4O2. The Hall–Kier alpha value is -3.02. The van der Waals surface area contributed by atoms with Crippen LogP contribution in [0.2, 0.25) is 0 Å². The first-order valence-electron chi connectivity index (χ1n) is 10.3. The standard InChI is InChI=1S/C23H30N4O2/c1-26(21-11-6-3-7-12-21)16-8-15-24-23(29)27-17-13-19(14-18-27)22(28)25-20-9-4-2-5-10-20/h2-7,9-12,19H,8,13-18H2,1H3,(H,24,29)(H,25,28). The van der Waals surface area contributed by atoms with Crippen LogP contribution in [0.25, 0.3) is 0 Å². The predicted octanol–water partition coefficient (Wildman–Crippen LogP) is 3.57. The maximum Gasteiger partial charge on any atom is 0.317 e. The average molecular weight is 395 g/mol. The summed E-state index contributed by atoms with van der Waals surface area (Å²) in [5.74, 6) is -0.000939. The molecule has 2 aromatic carbocycles. The van der Waals surface area contributed by atoms with Crippen LogP contribution < -0.4 is 15.5 Å². The maximum absolute atomic E-state index is 12.4. The van der Waals surface area contributed by atoms with Crippen LogP contribution >= 0.6 is 0 Å². The molecule has 6 heteroatoms. The number of nitrogens with zero attached hydrogens (tertiary/aromatic N) is 2. The fourth-order valence-electron chi connectivity index (χ4n) is 3.55. The molecule has 3 rings (SSSR count). The van der Waals surface area contributed by atoms with Crippen molar-refractivity contribution in [2.24, 2.45) is 5.92 Å². The Balaban J connectivity index is 1.33. The Labute approximate surface area is 172 Å². The van der Waals surface area contributed by atoms with Crippen molar-refractivity contribution in [3.05, 3.63) is 60.7 Å². The Kier molecular flexibility index (Phi) is 7.50. The van der Waals surface area contributed by atoms with E-state index in [1.807, 2.05) is 53.4 Å². The van der Waals surface area contributed by atoms with Gasteiger partial charge in [0.05, 0.1) is 0 Å². The van der Waals surface area contributed by atoms with Gasteiger partial charge in [0.15, 0.2) is 0 Å². The van der Waals surface area contributed by atoms with Crippen LogP contribution in [0, 0.1) is 5.92 Å². The molecule has 1 fully saturated rings. The second-order valence-electron chi connectivity index (χ2n) is 7.46. The lowest BCUT2D eigenvalue weighted by molar-refractivity contribution is -0.121. The minimum atomic E-state index is -0.0428. The minimum Gasteiger partial charge on any atom is -0.375 e. The summed E-state index contributed by atoms with van der Waals surface area (Å²) >= 11 is 0. The topological polar surface area (TPSA) is 64.7 Å². The molecule has 1 heterocycles. The summed E-state index contributed by atoms with van der Waals surface area (Å²) in [6, 6.07) is 19.7. The van der Waals surface area contributed by atoms with Gasteiger partial charge in [0.1, 0.15) is 0 Å². The van der Waals surface area contributed by atoms with E-state index < -0.39 is 0 Å².